The molecule has 25 heavy (non-hydrogen) atoms. The van der Waals surface area contributed by atoms with Crippen molar-refractivity contribution in [1.82, 2.24) is 10.2 Å². The Kier molecular flexibility index (Phi) is 9.14. The molecule has 6 heteroatoms. The van der Waals surface area contributed by atoms with Crippen molar-refractivity contribution in [3.8, 4) is 0 Å². The second-order valence-electron chi connectivity index (χ2n) is 6.58. The van der Waals surface area contributed by atoms with Gasteiger partial charge in [0.25, 0.3) is 0 Å². The molecule has 1 aromatic carbocycles. The van der Waals surface area contributed by atoms with Crippen LogP contribution in [0.15, 0.2) is 30.3 Å². The van der Waals surface area contributed by atoms with E-state index in [1.165, 1.54) is 18.4 Å². The van der Waals surface area contributed by atoms with Crippen LogP contribution in [-0.4, -0.2) is 50.5 Å². The van der Waals surface area contributed by atoms with Crippen LogP contribution < -0.4 is 5.32 Å². The number of rotatable bonds is 11. The molecule has 1 saturated heterocycles. The quantitative estimate of drug-likeness (QED) is 0.476. The maximum atomic E-state index is 12.4. The average Bonchev–Trinajstić information content (AvgIpc) is 2.61. The summed E-state index contributed by atoms with van der Waals surface area (Å²) in [6, 6.07) is 10.7. The normalized spacial score (nSPS) is 17.0. The molecule has 0 aromatic heterocycles. The van der Waals surface area contributed by atoms with Crippen molar-refractivity contribution in [1.29, 1.82) is 0 Å². The highest BCUT2D eigenvalue weighted by Crippen LogP contribution is 2.47. The van der Waals surface area contributed by atoms with Gasteiger partial charge in [0.15, 0.2) is 0 Å². The Morgan fingerprint density at radius 1 is 1.12 bits per heavy atom. The first-order valence-electron chi connectivity index (χ1n) is 9.50. The minimum Gasteiger partial charge on any atom is -0.316 e. The fraction of sp³-hybridized carbons (Fsp3) is 0.684. The second-order valence-corrected chi connectivity index (χ2v) is 8.76. The maximum Gasteiger partial charge on any atom is 0.331 e. The van der Waals surface area contributed by atoms with Crippen molar-refractivity contribution < 1.29 is 13.6 Å². The van der Waals surface area contributed by atoms with E-state index in [9.17, 15) is 4.57 Å². The molecule has 0 spiro atoms. The van der Waals surface area contributed by atoms with Crippen molar-refractivity contribution in [2.75, 3.05) is 45.6 Å². The fourth-order valence-electron chi connectivity index (χ4n) is 3.27. The molecule has 0 radical (unpaired) electrons. The van der Waals surface area contributed by atoms with Crippen molar-refractivity contribution in [3.63, 3.8) is 0 Å². The molecule has 142 valence electrons. The summed E-state index contributed by atoms with van der Waals surface area (Å²) in [5.74, 6) is 0.700. The van der Waals surface area contributed by atoms with Crippen LogP contribution in [-0.2, 0) is 20.2 Å². The van der Waals surface area contributed by atoms with E-state index in [-0.39, 0.29) is 0 Å². The van der Waals surface area contributed by atoms with Gasteiger partial charge in [0.05, 0.1) is 19.4 Å². The molecule has 1 aromatic rings. The van der Waals surface area contributed by atoms with E-state index in [0.717, 1.165) is 26.2 Å². The summed E-state index contributed by atoms with van der Waals surface area (Å²) in [7, 11) is -2.91. The highest BCUT2D eigenvalue weighted by atomic mass is 31.2. The first kappa shape index (κ1) is 20.6. The Balaban J connectivity index is 1.61. The summed E-state index contributed by atoms with van der Waals surface area (Å²) < 4.78 is 23.0. The van der Waals surface area contributed by atoms with Gasteiger partial charge in [-0.1, -0.05) is 30.3 Å². The van der Waals surface area contributed by atoms with Crippen LogP contribution in [0.25, 0.3) is 0 Å². The van der Waals surface area contributed by atoms with E-state index in [4.69, 9.17) is 9.05 Å². The summed E-state index contributed by atoms with van der Waals surface area (Å²) in [6.45, 7) is 9.57. The Morgan fingerprint density at radius 3 is 2.36 bits per heavy atom. The topological polar surface area (TPSA) is 50.8 Å². The third kappa shape index (κ3) is 7.59. The molecule has 2 rings (SSSR count). The molecule has 0 atom stereocenters. The molecule has 1 aliphatic rings. The lowest BCUT2D eigenvalue weighted by atomic mass is 9.96. The first-order chi connectivity index (χ1) is 12.1. The predicted octanol–water partition coefficient (Wildman–Crippen LogP) is 3.75. The van der Waals surface area contributed by atoms with Gasteiger partial charge < -0.3 is 14.4 Å². The van der Waals surface area contributed by atoms with Crippen LogP contribution in [0.3, 0.4) is 0 Å². The number of nitrogens with zero attached hydrogens (tertiary/aromatic N) is 1. The number of likely N-dealkylation sites (tertiary alicyclic amines) is 1. The zero-order valence-corrected chi connectivity index (χ0v) is 16.5. The van der Waals surface area contributed by atoms with Crippen LogP contribution in [0.5, 0.6) is 0 Å². The summed E-state index contributed by atoms with van der Waals surface area (Å²) >= 11 is 0. The highest BCUT2D eigenvalue weighted by molar-refractivity contribution is 7.53. The molecular weight excluding hydrogens is 335 g/mol. The second kappa shape index (κ2) is 11.1. The molecule has 0 bridgehead atoms. The van der Waals surface area contributed by atoms with Crippen molar-refractivity contribution >= 4 is 7.60 Å². The maximum absolute atomic E-state index is 12.4. The lowest BCUT2D eigenvalue weighted by Crippen LogP contribution is -2.37. The number of hydrogen-bond acceptors (Lipinski definition) is 5. The van der Waals surface area contributed by atoms with Crippen LogP contribution in [0.1, 0.15) is 32.3 Å². The van der Waals surface area contributed by atoms with Gasteiger partial charge in [-0.05, 0) is 57.8 Å². The minimum absolute atomic E-state index is 0.428. The molecule has 1 heterocycles. The summed E-state index contributed by atoms with van der Waals surface area (Å²) in [5, 5.41) is 3.44. The Bertz CT molecular complexity index is 509. The molecular formula is C19H33N2O3P. The predicted molar refractivity (Wildman–Crippen MR) is 103 cm³/mol. The van der Waals surface area contributed by atoms with Crippen LogP contribution in [0, 0.1) is 5.92 Å². The smallest absolute Gasteiger partial charge is 0.316 e. The summed E-state index contributed by atoms with van der Waals surface area (Å²) in [6.07, 6.45) is 2.88. The minimum atomic E-state index is -2.91. The van der Waals surface area contributed by atoms with E-state index in [1.807, 2.05) is 13.8 Å². The van der Waals surface area contributed by atoms with Gasteiger partial charge in [0.2, 0.25) is 0 Å². The Labute approximate surface area is 152 Å². The summed E-state index contributed by atoms with van der Waals surface area (Å²) in [5.41, 5.74) is 1.39. The van der Waals surface area contributed by atoms with Gasteiger partial charge in [-0.15, -0.1) is 0 Å². The number of nitrogens with one attached hydrogen (secondary N) is 1. The van der Waals surface area contributed by atoms with E-state index in [0.29, 0.717) is 31.8 Å². The van der Waals surface area contributed by atoms with E-state index < -0.39 is 7.60 Å². The number of hydrogen-bond donors (Lipinski definition) is 1. The first-order valence-corrected chi connectivity index (χ1v) is 11.2. The van der Waals surface area contributed by atoms with Crippen LogP contribution in [0.2, 0.25) is 0 Å². The van der Waals surface area contributed by atoms with Gasteiger partial charge >= 0.3 is 7.60 Å². The monoisotopic (exact) mass is 368 g/mol. The average molecular weight is 368 g/mol. The van der Waals surface area contributed by atoms with E-state index >= 15 is 0 Å². The van der Waals surface area contributed by atoms with Gasteiger partial charge in [-0.3, -0.25) is 9.46 Å². The Hall–Kier alpha value is -0.710. The Morgan fingerprint density at radius 2 is 1.76 bits per heavy atom. The largest absolute Gasteiger partial charge is 0.331 e. The van der Waals surface area contributed by atoms with Gasteiger partial charge in [-0.25, -0.2) is 0 Å². The third-order valence-corrected chi connectivity index (χ3v) is 6.68. The zero-order chi connectivity index (χ0) is 18.0. The molecule has 0 saturated carbocycles. The lowest BCUT2D eigenvalue weighted by molar-refractivity contribution is 0.175. The van der Waals surface area contributed by atoms with E-state index in [2.05, 4.69) is 40.5 Å². The van der Waals surface area contributed by atoms with Crippen molar-refractivity contribution in [2.24, 2.45) is 5.92 Å². The standard InChI is InChI=1S/C19H33N2O3P/c1-3-23-25(22,24-4-2)15-12-20-16-18-10-13-21(14-11-18)17-19-8-6-5-7-9-19/h5-9,18,20H,3-4,10-17H2,1-2H3. The molecule has 1 N–H and O–H groups in total. The molecule has 1 fully saturated rings. The van der Waals surface area contributed by atoms with Crippen molar-refractivity contribution in [3.05, 3.63) is 35.9 Å². The van der Waals surface area contributed by atoms with Gasteiger partial charge in [-0.2, -0.15) is 0 Å². The molecule has 0 unspecified atom stereocenters. The van der Waals surface area contributed by atoms with E-state index in [1.54, 1.807) is 0 Å². The molecule has 0 aliphatic carbocycles. The third-order valence-electron chi connectivity index (χ3n) is 4.60. The van der Waals surface area contributed by atoms with Crippen LogP contribution >= 0.6 is 7.60 Å². The van der Waals surface area contributed by atoms with Gasteiger partial charge in [0, 0.05) is 13.1 Å². The summed E-state index contributed by atoms with van der Waals surface area (Å²) in [4.78, 5) is 2.53. The number of piperidine rings is 1. The fourth-order valence-corrected chi connectivity index (χ4v) is 4.82. The van der Waals surface area contributed by atoms with Gasteiger partial charge in [0.1, 0.15) is 0 Å². The van der Waals surface area contributed by atoms with Crippen LogP contribution in [0.4, 0.5) is 0 Å². The lowest BCUT2D eigenvalue weighted by Gasteiger charge is -2.32. The zero-order valence-electron chi connectivity index (χ0n) is 15.7. The highest BCUT2D eigenvalue weighted by Gasteiger charge is 2.23. The molecule has 1 aliphatic heterocycles. The van der Waals surface area contributed by atoms with Crippen molar-refractivity contribution in [2.45, 2.75) is 33.2 Å². The SMILES string of the molecule is CCOP(=O)(CCNCC1CCN(Cc2ccccc2)CC1)OCC. The molecule has 0 amide bonds. The molecule has 5 nitrogen and oxygen atoms in total. The number of benzene rings is 1.